The fourth-order valence-corrected chi connectivity index (χ4v) is 3.56. The largest absolute Gasteiger partial charge is 0.467 e. The number of carbonyl (C=O) groups is 4. The Morgan fingerprint density at radius 1 is 1.23 bits per heavy atom. The lowest BCUT2D eigenvalue weighted by atomic mass is 10.1. The Kier molecular flexibility index (Phi) is 5.69. The van der Waals surface area contributed by atoms with Gasteiger partial charge in [-0.15, -0.1) is 5.10 Å². The van der Waals surface area contributed by atoms with Crippen LogP contribution in [0.3, 0.4) is 0 Å². The highest BCUT2D eigenvalue weighted by molar-refractivity contribution is 6.31. The predicted octanol–water partition coefficient (Wildman–Crippen LogP) is -0.103. The van der Waals surface area contributed by atoms with Crippen LogP contribution in [0.2, 0.25) is 5.02 Å². The summed E-state index contributed by atoms with van der Waals surface area (Å²) in [6.45, 7) is 0.0578. The first-order valence-electron chi connectivity index (χ1n) is 8.56. The molecule has 1 fully saturated rings. The van der Waals surface area contributed by atoms with Crippen molar-refractivity contribution in [3.05, 3.63) is 46.0 Å². The van der Waals surface area contributed by atoms with Crippen molar-refractivity contribution in [1.29, 1.82) is 0 Å². The Morgan fingerprint density at radius 2 is 1.93 bits per heavy atom. The molecule has 158 valence electrons. The Labute approximate surface area is 173 Å². The van der Waals surface area contributed by atoms with Gasteiger partial charge in [-0.25, -0.2) is 13.9 Å². The minimum absolute atomic E-state index is 0.0440. The van der Waals surface area contributed by atoms with Crippen LogP contribution in [0.25, 0.3) is 0 Å². The van der Waals surface area contributed by atoms with E-state index in [9.17, 15) is 23.6 Å². The zero-order chi connectivity index (χ0) is 22.2. The highest BCUT2D eigenvalue weighted by Gasteiger charge is 2.46. The molecular weight excluding hydrogens is 423 g/mol. The number of nitrogens with zero attached hydrogens (tertiary/aromatic N) is 4. The minimum Gasteiger partial charge on any atom is -0.467 e. The van der Waals surface area contributed by atoms with Crippen molar-refractivity contribution in [3.8, 4) is 0 Å². The van der Waals surface area contributed by atoms with Crippen molar-refractivity contribution < 1.29 is 28.3 Å². The van der Waals surface area contributed by atoms with Crippen LogP contribution in [0.5, 0.6) is 0 Å². The molecule has 0 unspecified atom stereocenters. The molecule has 30 heavy (non-hydrogen) atoms. The molecule has 3 amide bonds. The predicted molar refractivity (Wildman–Crippen MR) is 99.0 cm³/mol. The normalized spacial score (nSPS) is 18.3. The Hall–Kier alpha value is -3.54. The number of methoxy groups -OCH3 is 1. The number of hydrogen-bond donors (Lipinski definition) is 2. The first-order chi connectivity index (χ1) is 14.2. The number of aromatic nitrogens is 3. The molecule has 2 heterocycles. The fourth-order valence-electron chi connectivity index (χ4n) is 3.38. The Balaban J connectivity index is 2.03. The molecule has 0 spiro atoms. The maximum Gasteiger partial charge on any atom is 0.330 e. The molecule has 1 aliphatic heterocycles. The quantitative estimate of drug-likeness (QED) is 0.615. The van der Waals surface area contributed by atoms with Crippen LogP contribution in [0.15, 0.2) is 18.2 Å². The highest BCUT2D eigenvalue weighted by atomic mass is 35.5. The van der Waals surface area contributed by atoms with Crippen molar-refractivity contribution in [2.75, 3.05) is 13.7 Å². The molecular formula is C17H16ClFN6O5. The van der Waals surface area contributed by atoms with Gasteiger partial charge in [0, 0.05) is 12.1 Å². The standard InChI is InChI=1S/C17H16ClFN6O5/c1-30-17(29)12-10(25-13(15(21)27)11(14(20)26)22-23-25)4-5-24(12)16(28)7-2-3-9(19)8(18)6-7/h2-3,6,10,12H,4-5H2,1H3,(H2,20,26)(H2,21,27)/t10-,12+/m0/s1. The van der Waals surface area contributed by atoms with Gasteiger partial charge in [-0.2, -0.15) is 0 Å². The van der Waals surface area contributed by atoms with E-state index in [0.29, 0.717) is 0 Å². The molecule has 0 radical (unpaired) electrons. The Morgan fingerprint density at radius 3 is 2.50 bits per heavy atom. The number of carbonyl (C=O) groups excluding carboxylic acids is 4. The van der Waals surface area contributed by atoms with Gasteiger partial charge in [0.1, 0.15) is 5.82 Å². The number of esters is 1. The molecule has 2 atom stereocenters. The molecule has 2 aromatic rings. The van der Waals surface area contributed by atoms with E-state index >= 15 is 0 Å². The summed E-state index contributed by atoms with van der Waals surface area (Å²) in [5.41, 5.74) is 9.74. The first kappa shape index (κ1) is 21.2. The van der Waals surface area contributed by atoms with Gasteiger partial charge in [-0.1, -0.05) is 16.8 Å². The summed E-state index contributed by atoms with van der Waals surface area (Å²) in [5.74, 6) is -4.19. The smallest absolute Gasteiger partial charge is 0.330 e. The number of likely N-dealkylation sites (tertiary alicyclic amines) is 1. The molecule has 1 saturated heterocycles. The van der Waals surface area contributed by atoms with Crippen molar-refractivity contribution in [1.82, 2.24) is 19.9 Å². The second-order valence-electron chi connectivity index (χ2n) is 6.41. The van der Waals surface area contributed by atoms with E-state index in [-0.39, 0.29) is 29.2 Å². The van der Waals surface area contributed by atoms with Crippen molar-refractivity contribution in [2.24, 2.45) is 11.5 Å². The van der Waals surface area contributed by atoms with Crippen LogP contribution < -0.4 is 11.5 Å². The second kappa shape index (κ2) is 8.06. The molecule has 0 aliphatic carbocycles. The zero-order valence-corrected chi connectivity index (χ0v) is 16.3. The van der Waals surface area contributed by atoms with E-state index in [1.165, 1.54) is 11.0 Å². The lowest BCUT2D eigenvalue weighted by Gasteiger charge is -2.26. The molecule has 0 bridgehead atoms. The summed E-state index contributed by atoms with van der Waals surface area (Å²) >= 11 is 5.75. The molecule has 1 aromatic carbocycles. The van der Waals surface area contributed by atoms with Gasteiger partial charge in [-0.3, -0.25) is 14.4 Å². The SMILES string of the molecule is COC(=O)[C@H]1[C@@H](n2nnc(C(N)=O)c2C(N)=O)CCN1C(=O)c1ccc(F)c(Cl)c1. The Bertz CT molecular complexity index is 1060. The molecule has 0 saturated carbocycles. The van der Waals surface area contributed by atoms with Gasteiger partial charge in [0.05, 0.1) is 18.2 Å². The minimum atomic E-state index is -1.23. The summed E-state index contributed by atoms with van der Waals surface area (Å²) < 4.78 is 19.2. The van der Waals surface area contributed by atoms with Gasteiger partial charge < -0.3 is 21.1 Å². The summed E-state index contributed by atoms with van der Waals surface area (Å²) in [5, 5.41) is 7.06. The van der Waals surface area contributed by atoms with Crippen LogP contribution in [0.4, 0.5) is 4.39 Å². The van der Waals surface area contributed by atoms with Crippen LogP contribution >= 0.6 is 11.6 Å². The fraction of sp³-hybridized carbons (Fsp3) is 0.294. The van der Waals surface area contributed by atoms with Crippen LogP contribution in [0, 0.1) is 5.82 Å². The number of nitrogens with two attached hydrogens (primary N) is 2. The van der Waals surface area contributed by atoms with Gasteiger partial charge in [0.2, 0.25) is 0 Å². The third-order valence-corrected chi connectivity index (χ3v) is 5.00. The zero-order valence-electron chi connectivity index (χ0n) is 15.5. The second-order valence-corrected chi connectivity index (χ2v) is 6.82. The number of amides is 3. The summed E-state index contributed by atoms with van der Waals surface area (Å²) in [7, 11) is 1.13. The highest BCUT2D eigenvalue weighted by Crippen LogP contribution is 2.32. The van der Waals surface area contributed by atoms with Gasteiger partial charge in [-0.05, 0) is 24.6 Å². The maximum atomic E-state index is 13.4. The third-order valence-electron chi connectivity index (χ3n) is 4.71. The van der Waals surface area contributed by atoms with Crippen molar-refractivity contribution >= 4 is 35.3 Å². The van der Waals surface area contributed by atoms with Crippen molar-refractivity contribution in [2.45, 2.75) is 18.5 Å². The summed E-state index contributed by atoms with van der Waals surface area (Å²) in [6, 6.07) is 1.24. The maximum absolute atomic E-state index is 13.4. The average molecular weight is 439 g/mol. The lowest BCUT2D eigenvalue weighted by Crippen LogP contribution is -2.45. The van der Waals surface area contributed by atoms with E-state index < -0.39 is 47.3 Å². The van der Waals surface area contributed by atoms with Crippen LogP contribution in [-0.4, -0.2) is 63.3 Å². The lowest BCUT2D eigenvalue weighted by molar-refractivity contribution is -0.146. The molecule has 1 aliphatic rings. The topological polar surface area (TPSA) is 164 Å². The number of halogens is 2. The van der Waals surface area contributed by atoms with Crippen molar-refractivity contribution in [3.63, 3.8) is 0 Å². The first-order valence-corrected chi connectivity index (χ1v) is 8.93. The van der Waals surface area contributed by atoms with Crippen LogP contribution in [0.1, 0.15) is 43.8 Å². The number of hydrogen-bond acceptors (Lipinski definition) is 7. The summed E-state index contributed by atoms with van der Waals surface area (Å²) in [6.07, 6.45) is 0.155. The summed E-state index contributed by atoms with van der Waals surface area (Å²) in [4.78, 5) is 50.1. The van der Waals surface area contributed by atoms with E-state index in [0.717, 1.165) is 23.9 Å². The molecule has 1 aromatic heterocycles. The molecule has 13 heteroatoms. The number of benzene rings is 1. The number of rotatable bonds is 5. The van der Waals surface area contributed by atoms with Gasteiger partial charge in [0.25, 0.3) is 17.7 Å². The molecule has 3 rings (SSSR count). The number of ether oxygens (including phenoxy) is 1. The third kappa shape index (κ3) is 3.56. The van der Waals surface area contributed by atoms with E-state index in [2.05, 4.69) is 10.3 Å². The van der Waals surface area contributed by atoms with E-state index in [1.807, 2.05) is 0 Å². The van der Waals surface area contributed by atoms with Gasteiger partial charge >= 0.3 is 5.97 Å². The van der Waals surface area contributed by atoms with Crippen LogP contribution in [-0.2, 0) is 9.53 Å². The molecule has 11 nitrogen and oxygen atoms in total. The number of primary amides is 2. The van der Waals surface area contributed by atoms with Gasteiger partial charge in [0.15, 0.2) is 17.4 Å². The monoisotopic (exact) mass is 438 g/mol. The average Bonchev–Trinajstić information content (AvgIpc) is 3.33. The molecule has 4 N–H and O–H groups in total. The van der Waals surface area contributed by atoms with E-state index in [1.54, 1.807) is 0 Å². The van der Waals surface area contributed by atoms with E-state index in [4.69, 9.17) is 27.8 Å².